The minimum absolute atomic E-state index is 0.235. The highest BCUT2D eigenvalue weighted by atomic mass is 35.5. The third-order valence-electron chi connectivity index (χ3n) is 3.14. The molecule has 1 aromatic heterocycles. The van der Waals surface area contributed by atoms with E-state index in [2.05, 4.69) is 9.97 Å². The van der Waals surface area contributed by atoms with Crippen LogP contribution in [0, 0.1) is 0 Å². The lowest BCUT2D eigenvalue weighted by atomic mass is 9.99. The highest BCUT2D eigenvalue weighted by Gasteiger charge is 2.20. The van der Waals surface area contributed by atoms with E-state index < -0.39 is 0 Å². The third-order valence-corrected chi connectivity index (χ3v) is 3.39. The van der Waals surface area contributed by atoms with Crippen LogP contribution in [-0.4, -0.2) is 21.2 Å². The molecule has 0 saturated carbocycles. The maximum Gasteiger partial charge on any atom is 0.137 e. The van der Waals surface area contributed by atoms with Gasteiger partial charge < -0.3 is 10.1 Å². The Hall–Kier alpha value is -1.32. The fourth-order valence-corrected chi connectivity index (χ4v) is 2.33. The van der Waals surface area contributed by atoms with Gasteiger partial charge in [-0.05, 0) is 37.1 Å². The smallest absolute Gasteiger partial charge is 0.137 e. The van der Waals surface area contributed by atoms with E-state index in [0.29, 0.717) is 6.42 Å². The second-order valence-electron chi connectivity index (χ2n) is 4.41. The van der Waals surface area contributed by atoms with Crippen LogP contribution in [0.2, 0.25) is 5.02 Å². The summed E-state index contributed by atoms with van der Waals surface area (Å²) in [5.41, 5.74) is 3.17. The van der Waals surface area contributed by atoms with Gasteiger partial charge >= 0.3 is 0 Å². The average Bonchev–Trinajstić information content (AvgIpc) is 2.72. The lowest BCUT2D eigenvalue weighted by molar-refractivity contribution is 0.157. The predicted molar refractivity (Wildman–Crippen MR) is 67.1 cm³/mol. The molecule has 17 heavy (non-hydrogen) atoms. The molecule has 4 heteroatoms. The van der Waals surface area contributed by atoms with Crippen LogP contribution >= 0.6 is 11.6 Å². The molecule has 1 aliphatic carbocycles. The lowest BCUT2D eigenvalue weighted by Gasteiger charge is -2.14. The van der Waals surface area contributed by atoms with Gasteiger partial charge in [0.05, 0.1) is 11.8 Å². The summed E-state index contributed by atoms with van der Waals surface area (Å²) in [6.45, 7) is 0. The fraction of sp³-hybridized carbons (Fsp3) is 0.308. The van der Waals surface area contributed by atoms with Crippen LogP contribution in [0.25, 0.3) is 11.4 Å². The molecule has 3 nitrogen and oxygen atoms in total. The van der Waals surface area contributed by atoms with E-state index in [1.165, 1.54) is 0 Å². The van der Waals surface area contributed by atoms with Crippen LogP contribution < -0.4 is 0 Å². The van der Waals surface area contributed by atoms with Gasteiger partial charge in [0, 0.05) is 22.7 Å². The molecule has 88 valence electrons. The molecule has 0 saturated heterocycles. The number of hydrogen-bond acceptors (Lipinski definition) is 2. The number of fused-ring (bicyclic) bond motifs is 1. The summed E-state index contributed by atoms with van der Waals surface area (Å²) in [4.78, 5) is 7.86. The second kappa shape index (κ2) is 4.17. The van der Waals surface area contributed by atoms with Crippen molar-refractivity contribution in [1.29, 1.82) is 0 Å². The number of imidazole rings is 1. The first-order valence-corrected chi connectivity index (χ1v) is 6.12. The minimum atomic E-state index is -0.235. The molecule has 0 fully saturated rings. The molecule has 3 rings (SSSR count). The molecule has 2 N–H and O–H groups in total. The maximum atomic E-state index is 9.61. The van der Waals surface area contributed by atoms with E-state index in [0.717, 1.165) is 40.6 Å². The highest BCUT2D eigenvalue weighted by molar-refractivity contribution is 6.30. The summed E-state index contributed by atoms with van der Waals surface area (Å²) in [7, 11) is 0. The maximum absolute atomic E-state index is 9.61. The van der Waals surface area contributed by atoms with Gasteiger partial charge in [0.1, 0.15) is 5.82 Å². The van der Waals surface area contributed by atoms with Gasteiger partial charge in [-0.25, -0.2) is 4.98 Å². The molecular weight excluding hydrogens is 236 g/mol. The van der Waals surface area contributed by atoms with Gasteiger partial charge in [0.25, 0.3) is 0 Å². The van der Waals surface area contributed by atoms with Gasteiger partial charge in [-0.15, -0.1) is 0 Å². The van der Waals surface area contributed by atoms with E-state index in [-0.39, 0.29) is 6.10 Å². The summed E-state index contributed by atoms with van der Waals surface area (Å²) < 4.78 is 0. The number of rotatable bonds is 1. The molecule has 1 heterocycles. The van der Waals surface area contributed by atoms with Crippen molar-refractivity contribution in [3.05, 3.63) is 40.7 Å². The number of H-pyrrole nitrogens is 1. The van der Waals surface area contributed by atoms with Gasteiger partial charge in [-0.2, -0.15) is 0 Å². The Kier molecular flexibility index (Phi) is 2.65. The van der Waals surface area contributed by atoms with Crippen molar-refractivity contribution in [3.63, 3.8) is 0 Å². The number of benzene rings is 1. The van der Waals surface area contributed by atoms with Gasteiger partial charge in [-0.3, -0.25) is 0 Å². The van der Waals surface area contributed by atoms with Gasteiger partial charge in [-0.1, -0.05) is 11.6 Å². The fourth-order valence-electron chi connectivity index (χ4n) is 2.21. The molecule has 1 aliphatic rings. The average molecular weight is 249 g/mol. The third kappa shape index (κ3) is 2.08. The summed E-state index contributed by atoms with van der Waals surface area (Å²) in [6.07, 6.45) is 2.09. The molecule has 2 aromatic rings. The van der Waals surface area contributed by atoms with Crippen LogP contribution in [-0.2, 0) is 12.8 Å². The van der Waals surface area contributed by atoms with Gasteiger partial charge in [0.2, 0.25) is 0 Å². The van der Waals surface area contributed by atoms with E-state index in [1.807, 2.05) is 24.3 Å². The second-order valence-corrected chi connectivity index (χ2v) is 4.85. The first kappa shape index (κ1) is 10.8. The number of hydrogen-bond donors (Lipinski definition) is 2. The number of aromatic amines is 1. The topological polar surface area (TPSA) is 48.9 Å². The molecule has 1 aromatic carbocycles. The molecule has 1 atom stereocenters. The summed E-state index contributed by atoms with van der Waals surface area (Å²) in [6, 6.07) is 7.60. The Balaban J connectivity index is 1.97. The van der Waals surface area contributed by atoms with Crippen molar-refractivity contribution in [1.82, 2.24) is 9.97 Å². The molecule has 0 bridgehead atoms. The van der Waals surface area contributed by atoms with Gasteiger partial charge in [0.15, 0.2) is 0 Å². The number of aromatic nitrogens is 2. The number of nitrogens with one attached hydrogen (secondary N) is 1. The first-order chi connectivity index (χ1) is 8.22. The molecule has 0 aliphatic heterocycles. The van der Waals surface area contributed by atoms with Crippen molar-refractivity contribution in [2.75, 3.05) is 0 Å². The van der Waals surface area contributed by atoms with Crippen LogP contribution in [0.3, 0.4) is 0 Å². The Labute approximate surface area is 104 Å². The molecule has 0 radical (unpaired) electrons. The van der Waals surface area contributed by atoms with Crippen molar-refractivity contribution in [2.45, 2.75) is 25.4 Å². The van der Waals surface area contributed by atoms with E-state index in [9.17, 15) is 5.11 Å². The lowest BCUT2D eigenvalue weighted by Crippen LogP contribution is -2.18. The largest absolute Gasteiger partial charge is 0.393 e. The number of aliphatic hydroxyl groups excluding tert-OH is 1. The van der Waals surface area contributed by atoms with E-state index >= 15 is 0 Å². The van der Waals surface area contributed by atoms with Crippen LogP contribution in [0.1, 0.15) is 17.8 Å². The quantitative estimate of drug-likeness (QED) is 0.815. The van der Waals surface area contributed by atoms with Crippen LogP contribution in [0.5, 0.6) is 0 Å². The zero-order chi connectivity index (χ0) is 11.8. The first-order valence-electron chi connectivity index (χ1n) is 5.74. The molecule has 1 unspecified atom stereocenters. The summed E-state index contributed by atoms with van der Waals surface area (Å²) in [5, 5.41) is 10.3. The Bertz CT molecular complexity index is 533. The predicted octanol–water partition coefficient (Wildman–Crippen LogP) is 2.58. The zero-order valence-electron chi connectivity index (χ0n) is 9.28. The van der Waals surface area contributed by atoms with Crippen molar-refractivity contribution < 1.29 is 5.11 Å². The summed E-state index contributed by atoms with van der Waals surface area (Å²) in [5.74, 6) is 0.862. The number of halogens is 1. The number of nitrogens with zero attached hydrogens (tertiary/aromatic N) is 1. The normalized spacial score (nSPS) is 19.1. The monoisotopic (exact) mass is 248 g/mol. The SMILES string of the molecule is OC1CCc2nc(-c3ccc(Cl)cc3)[nH]c2C1. The highest BCUT2D eigenvalue weighted by Crippen LogP contribution is 2.25. The Morgan fingerprint density at radius 3 is 2.82 bits per heavy atom. The zero-order valence-corrected chi connectivity index (χ0v) is 10.0. The molecular formula is C13H13ClN2O. The van der Waals surface area contributed by atoms with Crippen LogP contribution in [0.15, 0.2) is 24.3 Å². The Morgan fingerprint density at radius 1 is 1.29 bits per heavy atom. The molecule has 0 amide bonds. The van der Waals surface area contributed by atoms with E-state index in [1.54, 1.807) is 0 Å². The standard InChI is InChI=1S/C13H13ClN2O/c14-9-3-1-8(2-4-9)13-15-11-6-5-10(17)7-12(11)16-13/h1-4,10,17H,5-7H2,(H,15,16). The number of aryl methyl sites for hydroxylation is 1. The van der Waals surface area contributed by atoms with Crippen molar-refractivity contribution in [3.8, 4) is 11.4 Å². The molecule has 0 spiro atoms. The number of aliphatic hydroxyl groups is 1. The summed E-state index contributed by atoms with van der Waals surface area (Å²) >= 11 is 5.86. The van der Waals surface area contributed by atoms with E-state index in [4.69, 9.17) is 11.6 Å². The van der Waals surface area contributed by atoms with Crippen LogP contribution in [0.4, 0.5) is 0 Å². The minimum Gasteiger partial charge on any atom is -0.393 e. The van der Waals surface area contributed by atoms with Crippen molar-refractivity contribution >= 4 is 11.6 Å². The van der Waals surface area contributed by atoms with Crippen molar-refractivity contribution in [2.24, 2.45) is 0 Å². The Morgan fingerprint density at radius 2 is 2.06 bits per heavy atom.